The molecule has 3 rings (SSSR count). The van der Waals surface area contributed by atoms with Crippen LogP contribution < -0.4 is 10.9 Å². The Balaban J connectivity index is 1.90. The Morgan fingerprint density at radius 2 is 1.97 bits per heavy atom. The van der Waals surface area contributed by atoms with Crippen LogP contribution in [0.1, 0.15) is 34.7 Å². The minimum absolute atomic E-state index is 0.0519. The third kappa shape index (κ3) is 4.80. The highest BCUT2D eigenvalue weighted by molar-refractivity contribution is 6.05. The van der Waals surface area contributed by atoms with E-state index in [4.69, 9.17) is 0 Å². The average molecular weight is 406 g/mol. The molecule has 1 amide bonds. The Morgan fingerprint density at radius 3 is 2.67 bits per heavy atom. The molecule has 1 unspecified atom stereocenters. The minimum atomic E-state index is -0.417. The normalized spacial score (nSPS) is 12.1. The molecule has 7 heteroatoms. The zero-order chi connectivity index (χ0) is 21.8. The molecule has 30 heavy (non-hydrogen) atoms. The molecule has 2 heterocycles. The Labute approximate surface area is 176 Å². The van der Waals surface area contributed by atoms with Gasteiger partial charge in [0.25, 0.3) is 11.5 Å². The van der Waals surface area contributed by atoms with E-state index in [1.807, 2.05) is 63.2 Å². The van der Waals surface area contributed by atoms with E-state index in [9.17, 15) is 9.59 Å². The smallest absolute Gasteiger partial charge is 0.263 e. The summed E-state index contributed by atoms with van der Waals surface area (Å²) >= 11 is 0. The van der Waals surface area contributed by atoms with E-state index >= 15 is 0 Å². The fourth-order valence-corrected chi connectivity index (χ4v) is 3.45. The molecule has 156 valence electrons. The maximum atomic E-state index is 13.0. The van der Waals surface area contributed by atoms with Crippen molar-refractivity contribution in [2.24, 2.45) is 0 Å². The molecule has 0 saturated carbocycles. The van der Waals surface area contributed by atoms with Gasteiger partial charge in [-0.3, -0.25) is 9.59 Å². The van der Waals surface area contributed by atoms with Crippen molar-refractivity contribution in [3.05, 3.63) is 76.1 Å². The van der Waals surface area contributed by atoms with Gasteiger partial charge in [0.15, 0.2) is 0 Å². The second kappa shape index (κ2) is 9.00. The van der Waals surface area contributed by atoms with Gasteiger partial charge in [0, 0.05) is 36.2 Å². The number of carbonyl (C=O) groups excluding carboxylic acids is 1. The summed E-state index contributed by atoms with van der Waals surface area (Å²) in [6.07, 6.45) is 3.45. The van der Waals surface area contributed by atoms with Gasteiger partial charge >= 0.3 is 0 Å². The van der Waals surface area contributed by atoms with Gasteiger partial charge in [-0.05, 0) is 64.7 Å². The molecule has 1 N–H and O–H groups in total. The average Bonchev–Trinajstić information content (AvgIpc) is 2.67. The van der Waals surface area contributed by atoms with Crippen molar-refractivity contribution in [1.82, 2.24) is 19.4 Å². The van der Waals surface area contributed by atoms with Gasteiger partial charge in [0.1, 0.15) is 11.4 Å². The van der Waals surface area contributed by atoms with E-state index in [1.54, 1.807) is 30.0 Å². The van der Waals surface area contributed by atoms with Crippen LogP contribution in [0.3, 0.4) is 0 Å². The lowest BCUT2D eigenvalue weighted by molar-refractivity contribution is 0.102. The quantitative estimate of drug-likeness (QED) is 0.681. The number of rotatable bonds is 6. The second-order valence-electron chi connectivity index (χ2n) is 7.72. The van der Waals surface area contributed by atoms with E-state index in [1.165, 1.54) is 0 Å². The first-order valence-electron chi connectivity index (χ1n) is 9.84. The third-order valence-electron chi connectivity index (χ3n) is 4.85. The first kappa shape index (κ1) is 21.4. The maximum absolute atomic E-state index is 13.0. The number of carbonyl (C=O) groups is 1. The number of nitrogens with one attached hydrogen (secondary N) is 1. The maximum Gasteiger partial charge on any atom is 0.263 e. The van der Waals surface area contributed by atoms with Crippen molar-refractivity contribution < 1.29 is 4.79 Å². The van der Waals surface area contributed by atoms with Gasteiger partial charge in [-0.2, -0.15) is 0 Å². The molecule has 0 aliphatic heterocycles. The van der Waals surface area contributed by atoms with Crippen LogP contribution in [0.15, 0.2) is 53.6 Å². The summed E-state index contributed by atoms with van der Waals surface area (Å²) in [4.78, 5) is 36.6. The topological polar surface area (TPSA) is 80.1 Å². The molecule has 7 nitrogen and oxygen atoms in total. The third-order valence-corrected chi connectivity index (χ3v) is 4.85. The highest BCUT2D eigenvalue weighted by Gasteiger charge is 2.18. The zero-order valence-electron chi connectivity index (χ0n) is 18.0. The number of anilines is 1. The molecule has 0 bridgehead atoms. The molecule has 0 fully saturated rings. The van der Waals surface area contributed by atoms with Crippen LogP contribution >= 0.6 is 0 Å². The molecular formula is C23H27N5O2. The fourth-order valence-electron chi connectivity index (χ4n) is 3.45. The SMILES string of the molecule is Cc1nccc(-c2cccc(NC(=O)c3c(C)ccn(C(C)CN(C)C)c3=O)c2)n1. The molecule has 1 aromatic carbocycles. The molecule has 0 aliphatic carbocycles. The first-order valence-corrected chi connectivity index (χ1v) is 9.84. The number of aromatic nitrogens is 3. The van der Waals surface area contributed by atoms with Crippen molar-refractivity contribution in [1.29, 1.82) is 0 Å². The number of amides is 1. The summed E-state index contributed by atoms with van der Waals surface area (Å²) in [5.74, 6) is 0.258. The highest BCUT2D eigenvalue weighted by Crippen LogP contribution is 2.21. The van der Waals surface area contributed by atoms with Crippen molar-refractivity contribution in [3.8, 4) is 11.3 Å². The molecule has 0 saturated heterocycles. The van der Waals surface area contributed by atoms with E-state index < -0.39 is 5.91 Å². The van der Waals surface area contributed by atoms with Crippen LogP contribution in [0, 0.1) is 13.8 Å². The minimum Gasteiger partial charge on any atom is -0.322 e. The van der Waals surface area contributed by atoms with Gasteiger partial charge < -0.3 is 14.8 Å². The van der Waals surface area contributed by atoms with E-state index in [0.29, 0.717) is 23.6 Å². The largest absolute Gasteiger partial charge is 0.322 e. The molecular weight excluding hydrogens is 378 g/mol. The lowest BCUT2D eigenvalue weighted by atomic mass is 10.1. The summed E-state index contributed by atoms with van der Waals surface area (Å²) in [5, 5.41) is 2.87. The summed E-state index contributed by atoms with van der Waals surface area (Å²) in [6, 6.07) is 11.0. The summed E-state index contributed by atoms with van der Waals surface area (Å²) in [6.45, 7) is 6.27. The predicted octanol–water partition coefficient (Wildman–Crippen LogP) is 3.30. The zero-order valence-corrected chi connectivity index (χ0v) is 18.0. The number of hydrogen-bond acceptors (Lipinski definition) is 5. The van der Waals surface area contributed by atoms with Gasteiger partial charge in [0.05, 0.1) is 5.69 Å². The molecule has 0 radical (unpaired) electrons. The van der Waals surface area contributed by atoms with Gasteiger partial charge in [0.2, 0.25) is 0 Å². The second-order valence-corrected chi connectivity index (χ2v) is 7.72. The molecule has 3 aromatic rings. The number of aryl methyl sites for hydroxylation is 2. The fraction of sp³-hybridized carbons (Fsp3) is 0.304. The lowest BCUT2D eigenvalue weighted by Crippen LogP contribution is -2.34. The Morgan fingerprint density at radius 1 is 1.20 bits per heavy atom. The standard InChI is InChI=1S/C23H27N5O2/c1-15-10-12-28(16(2)14-27(4)5)23(30)21(15)22(29)26-19-8-6-7-18(13-19)20-9-11-24-17(3)25-20/h6-13,16H,14H2,1-5H3,(H,26,29). The number of pyridine rings is 1. The summed E-state index contributed by atoms with van der Waals surface area (Å²) < 4.78 is 1.61. The van der Waals surface area contributed by atoms with Crippen LogP contribution in [0.4, 0.5) is 5.69 Å². The number of likely N-dealkylation sites (N-methyl/N-ethyl adjacent to an activating group) is 1. The van der Waals surface area contributed by atoms with Crippen LogP contribution in [0.5, 0.6) is 0 Å². The van der Waals surface area contributed by atoms with Crippen molar-refractivity contribution >= 4 is 11.6 Å². The monoisotopic (exact) mass is 405 g/mol. The summed E-state index contributed by atoms with van der Waals surface area (Å²) in [5.41, 5.74) is 2.75. The van der Waals surface area contributed by atoms with E-state index in [2.05, 4.69) is 15.3 Å². The predicted molar refractivity (Wildman–Crippen MR) is 119 cm³/mol. The van der Waals surface area contributed by atoms with Crippen LogP contribution in [0.2, 0.25) is 0 Å². The first-order chi connectivity index (χ1) is 14.3. The molecule has 1 atom stereocenters. The van der Waals surface area contributed by atoms with E-state index in [-0.39, 0.29) is 17.2 Å². The Hall–Kier alpha value is -3.32. The van der Waals surface area contributed by atoms with E-state index in [0.717, 1.165) is 11.3 Å². The Kier molecular flexibility index (Phi) is 6.42. The van der Waals surface area contributed by atoms with Crippen LogP contribution in [-0.4, -0.2) is 46.0 Å². The highest BCUT2D eigenvalue weighted by atomic mass is 16.2. The van der Waals surface area contributed by atoms with Crippen molar-refractivity contribution in [2.75, 3.05) is 26.0 Å². The number of hydrogen-bond donors (Lipinski definition) is 1. The molecule has 0 aliphatic rings. The van der Waals surface area contributed by atoms with Crippen molar-refractivity contribution in [2.45, 2.75) is 26.8 Å². The van der Waals surface area contributed by atoms with Gasteiger partial charge in [-0.15, -0.1) is 0 Å². The molecule has 2 aromatic heterocycles. The van der Waals surface area contributed by atoms with Crippen LogP contribution in [-0.2, 0) is 0 Å². The lowest BCUT2D eigenvalue weighted by Gasteiger charge is -2.20. The van der Waals surface area contributed by atoms with Gasteiger partial charge in [-0.1, -0.05) is 12.1 Å². The van der Waals surface area contributed by atoms with Crippen molar-refractivity contribution in [3.63, 3.8) is 0 Å². The van der Waals surface area contributed by atoms with Gasteiger partial charge in [-0.25, -0.2) is 9.97 Å². The van der Waals surface area contributed by atoms with Crippen LogP contribution in [0.25, 0.3) is 11.3 Å². The Bertz CT molecular complexity index is 1120. The summed E-state index contributed by atoms with van der Waals surface area (Å²) in [7, 11) is 3.91. The number of benzene rings is 1. The molecule has 0 spiro atoms. The number of nitrogens with zero attached hydrogens (tertiary/aromatic N) is 4.